The number of ether oxygens (including phenoxy) is 1. The molecule has 0 aromatic rings. The van der Waals surface area contributed by atoms with E-state index in [4.69, 9.17) is 4.74 Å². The summed E-state index contributed by atoms with van der Waals surface area (Å²) in [6.45, 7) is 2.14. The van der Waals surface area contributed by atoms with Gasteiger partial charge in [-0.3, -0.25) is 4.79 Å². The van der Waals surface area contributed by atoms with E-state index < -0.39 is 12.2 Å². The number of esters is 1. The quantitative estimate of drug-likeness (QED) is 0.442. The Kier molecular flexibility index (Phi) is 8.00. The minimum Gasteiger partial charge on any atom is -0.462 e. The molecule has 1 fully saturated rings. The molecule has 2 bridgehead atoms. The molecule has 0 aromatic heterocycles. The molecule has 136 valence electrons. The number of rotatable bonds is 6. The van der Waals surface area contributed by atoms with Gasteiger partial charge in [-0.15, -0.1) is 0 Å². The Hall–Kier alpha value is -1.13. The highest BCUT2D eigenvalue weighted by Gasteiger charge is 2.42. The molecule has 0 aromatic carbocycles. The van der Waals surface area contributed by atoms with Crippen LogP contribution in [0.2, 0.25) is 0 Å². The molecule has 5 atom stereocenters. The zero-order valence-electron chi connectivity index (χ0n) is 14.8. The van der Waals surface area contributed by atoms with Gasteiger partial charge in [-0.2, -0.15) is 0 Å². The molecule has 2 N–H and O–H groups in total. The first-order chi connectivity index (χ1) is 11.6. The van der Waals surface area contributed by atoms with Crippen molar-refractivity contribution in [3.05, 3.63) is 24.3 Å². The van der Waals surface area contributed by atoms with E-state index in [1.807, 2.05) is 12.2 Å². The molecule has 4 heteroatoms. The van der Waals surface area contributed by atoms with Crippen molar-refractivity contribution in [2.24, 2.45) is 11.8 Å². The molecule has 0 saturated heterocycles. The second kappa shape index (κ2) is 10.00. The maximum absolute atomic E-state index is 12.0. The van der Waals surface area contributed by atoms with Crippen LogP contribution in [-0.2, 0) is 9.53 Å². The van der Waals surface area contributed by atoms with Gasteiger partial charge in [-0.25, -0.2) is 0 Å². The Morgan fingerprint density at radius 1 is 1.38 bits per heavy atom. The van der Waals surface area contributed by atoms with Gasteiger partial charge in [0.15, 0.2) is 0 Å². The van der Waals surface area contributed by atoms with E-state index >= 15 is 0 Å². The van der Waals surface area contributed by atoms with Crippen LogP contribution in [0.4, 0.5) is 0 Å². The summed E-state index contributed by atoms with van der Waals surface area (Å²) in [5.41, 5.74) is 0. The fourth-order valence-corrected chi connectivity index (χ4v) is 3.73. The summed E-state index contributed by atoms with van der Waals surface area (Å²) < 4.78 is 5.63. The molecule has 0 radical (unpaired) electrons. The number of aliphatic hydroxyl groups is 2. The van der Waals surface area contributed by atoms with E-state index in [2.05, 4.69) is 19.1 Å². The molecule has 1 saturated carbocycles. The topological polar surface area (TPSA) is 66.8 Å². The average Bonchev–Trinajstić information content (AvgIpc) is 2.81. The maximum atomic E-state index is 12.0. The molecular formula is C20H32O4. The van der Waals surface area contributed by atoms with E-state index in [0.717, 1.165) is 44.9 Å². The molecule has 2 aliphatic rings. The van der Waals surface area contributed by atoms with E-state index in [-0.39, 0.29) is 23.9 Å². The van der Waals surface area contributed by atoms with Crippen LogP contribution >= 0.6 is 0 Å². The van der Waals surface area contributed by atoms with Crippen molar-refractivity contribution in [2.45, 2.75) is 83.0 Å². The molecule has 1 heterocycles. The normalized spacial score (nSPS) is 33.9. The number of unbranched alkanes of at least 4 members (excludes halogenated alkanes) is 2. The van der Waals surface area contributed by atoms with Crippen LogP contribution in [0.5, 0.6) is 0 Å². The number of hydrogen-bond acceptors (Lipinski definition) is 4. The Balaban J connectivity index is 2.04. The lowest BCUT2D eigenvalue weighted by molar-refractivity contribution is -0.150. The predicted molar refractivity (Wildman–Crippen MR) is 94.4 cm³/mol. The van der Waals surface area contributed by atoms with Gasteiger partial charge in [0, 0.05) is 18.8 Å². The monoisotopic (exact) mass is 336 g/mol. The van der Waals surface area contributed by atoms with E-state index in [1.54, 1.807) is 0 Å². The van der Waals surface area contributed by atoms with Crippen molar-refractivity contribution in [1.82, 2.24) is 0 Å². The summed E-state index contributed by atoms with van der Waals surface area (Å²) in [4.78, 5) is 12.0. The maximum Gasteiger partial charge on any atom is 0.306 e. The highest BCUT2D eigenvalue weighted by atomic mass is 16.5. The van der Waals surface area contributed by atoms with Crippen molar-refractivity contribution in [3.8, 4) is 0 Å². The Morgan fingerprint density at radius 2 is 2.21 bits per heavy atom. The highest BCUT2D eigenvalue weighted by Crippen LogP contribution is 2.38. The number of hydrogen-bond donors (Lipinski definition) is 2. The summed E-state index contributed by atoms with van der Waals surface area (Å²) in [5.74, 6) is -0.145. The van der Waals surface area contributed by atoms with Crippen LogP contribution in [0.1, 0.15) is 64.7 Å². The van der Waals surface area contributed by atoms with Gasteiger partial charge in [0.1, 0.15) is 6.10 Å². The number of allylic oxidation sites excluding steroid dienone is 2. The van der Waals surface area contributed by atoms with Crippen molar-refractivity contribution in [3.63, 3.8) is 0 Å². The third kappa shape index (κ3) is 5.75. The molecule has 0 unspecified atom stereocenters. The molecule has 4 nitrogen and oxygen atoms in total. The molecule has 24 heavy (non-hydrogen) atoms. The van der Waals surface area contributed by atoms with Gasteiger partial charge < -0.3 is 14.9 Å². The van der Waals surface area contributed by atoms with Crippen molar-refractivity contribution in [1.29, 1.82) is 0 Å². The zero-order chi connectivity index (χ0) is 17.4. The van der Waals surface area contributed by atoms with Gasteiger partial charge in [0.25, 0.3) is 0 Å². The van der Waals surface area contributed by atoms with Gasteiger partial charge in [0.2, 0.25) is 0 Å². The molecular weight excluding hydrogens is 304 g/mol. The Morgan fingerprint density at radius 3 is 3.00 bits per heavy atom. The number of carbonyl (C=O) groups excluding carboxylic acids is 1. The zero-order valence-corrected chi connectivity index (χ0v) is 14.8. The second-order valence-electron chi connectivity index (χ2n) is 7.12. The molecule has 0 amide bonds. The van der Waals surface area contributed by atoms with Gasteiger partial charge in [-0.1, -0.05) is 50.5 Å². The second-order valence-corrected chi connectivity index (χ2v) is 7.12. The van der Waals surface area contributed by atoms with Crippen LogP contribution in [0.25, 0.3) is 0 Å². The van der Waals surface area contributed by atoms with Gasteiger partial charge >= 0.3 is 5.97 Å². The number of carbonyl (C=O) groups is 1. The first kappa shape index (κ1) is 19.2. The van der Waals surface area contributed by atoms with Gasteiger partial charge in [-0.05, 0) is 31.6 Å². The molecule has 2 rings (SSSR count). The van der Waals surface area contributed by atoms with E-state index in [1.165, 1.54) is 0 Å². The summed E-state index contributed by atoms with van der Waals surface area (Å²) in [6.07, 6.45) is 14.2. The largest absolute Gasteiger partial charge is 0.462 e. The summed E-state index contributed by atoms with van der Waals surface area (Å²) >= 11 is 0. The third-order valence-corrected chi connectivity index (χ3v) is 5.16. The van der Waals surface area contributed by atoms with E-state index in [0.29, 0.717) is 12.8 Å². The average molecular weight is 336 g/mol. The predicted octanol–water partition coefficient (Wildman–Crippen LogP) is 3.52. The summed E-state index contributed by atoms with van der Waals surface area (Å²) in [7, 11) is 0. The standard InChI is InChI=1S/C20H32O4/c1-2-3-6-9-15(21)12-13-17-16-10-7-4-5-8-11-20(23)24-19(17)14-18(16)22/h4,7,12-13,15-19,21-22H,2-3,5-6,8-11,14H2,1H3/b7-4-,13-12+/t15-,16+,17+,18-,19+/m0/s1. The van der Waals surface area contributed by atoms with Crippen LogP contribution in [0, 0.1) is 11.8 Å². The van der Waals surface area contributed by atoms with Crippen LogP contribution in [0.15, 0.2) is 24.3 Å². The fraction of sp³-hybridized carbons (Fsp3) is 0.750. The minimum absolute atomic E-state index is 0.0208. The minimum atomic E-state index is -0.461. The summed E-state index contributed by atoms with van der Waals surface area (Å²) in [5, 5.41) is 20.5. The van der Waals surface area contributed by atoms with E-state index in [9.17, 15) is 15.0 Å². The highest BCUT2D eigenvalue weighted by molar-refractivity contribution is 5.69. The number of fused-ring (bicyclic) bond motifs is 2. The third-order valence-electron chi connectivity index (χ3n) is 5.16. The lowest BCUT2D eigenvalue weighted by Crippen LogP contribution is -2.24. The van der Waals surface area contributed by atoms with Gasteiger partial charge in [0.05, 0.1) is 12.2 Å². The molecule has 0 spiro atoms. The van der Waals surface area contributed by atoms with Crippen LogP contribution in [-0.4, -0.2) is 34.5 Å². The van der Waals surface area contributed by atoms with Crippen molar-refractivity contribution in [2.75, 3.05) is 0 Å². The molecule has 1 aliphatic heterocycles. The van der Waals surface area contributed by atoms with Crippen LogP contribution < -0.4 is 0 Å². The summed E-state index contributed by atoms with van der Waals surface area (Å²) in [6, 6.07) is 0. The lowest BCUT2D eigenvalue weighted by Gasteiger charge is -2.22. The van der Waals surface area contributed by atoms with Crippen molar-refractivity contribution < 1.29 is 19.7 Å². The molecule has 1 aliphatic carbocycles. The Bertz CT molecular complexity index is 443. The van der Waals surface area contributed by atoms with Crippen molar-refractivity contribution >= 4 is 5.97 Å². The lowest BCUT2D eigenvalue weighted by atomic mass is 9.89. The first-order valence-corrected chi connectivity index (χ1v) is 9.50. The SMILES string of the molecule is CCCCC[C@H](O)/C=C/[C@@H]1[C@H]2C/C=C\CCCC(=O)O[C@@H]1C[C@@H]2O. The Labute approximate surface area is 145 Å². The van der Waals surface area contributed by atoms with Crippen LogP contribution in [0.3, 0.4) is 0 Å². The first-order valence-electron chi connectivity index (χ1n) is 9.50. The fourth-order valence-electron chi connectivity index (χ4n) is 3.73. The number of aliphatic hydroxyl groups excluding tert-OH is 2. The smallest absolute Gasteiger partial charge is 0.306 e.